The highest BCUT2D eigenvalue weighted by molar-refractivity contribution is 7.91. The van der Waals surface area contributed by atoms with Gasteiger partial charge < -0.3 is 0 Å². The maximum absolute atomic E-state index is 13.2. The molecule has 0 unspecified atom stereocenters. The number of alkyl halides is 3. The van der Waals surface area contributed by atoms with E-state index in [1.54, 1.807) is 0 Å². The highest BCUT2D eigenvalue weighted by Crippen LogP contribution is 2.48. The second kappa shape index (κ2) is 6.41. The number of imidazole rings is 1. The third-order valence-electron chi connectivity index (χ3n) is 4.93. The monoisotopic (exact) mass is 432 g/mol. The van der Waals surface area contributed by atoms with Gasteiger partial charge in [0.25, 0.3) is 6.43 Å². The highest BCUT2D eigenvalue weighted by Gasteiger charge is 2.46. The molecule has 0 spiro atoms. The summed E-state index contributed by atoms with van der Waals surface area (Å²) in [5.74, 6) is -0.312. The minimum atomic E-state index is -3.79. The first-order chi connectivity index (χ1) is 13.2. The minimum absolute atomic E-state index is 0.0577. The molecule has 1 aliphatic carbocycles. The summed E-state index contributed by atoms with van der Waals surface area (Å²) in [6, 6.07) is 4.12. The molecule has 0 radical (unpaired) electrons. The molecule has 7 nitrogen and oxygen atoms in total. The lowest BCUT2D eigenvalue weighted by atomic mass is 10.2. The molecule has 3 aromatic rings. The van der Waals surface area contributed by atoms with Gasteiger partial charge in [-0.2, -0.15) is 0 Å². The molecule has 0 amide bonds. The van der Waals surface area contributed by atoms with Crippen LogP contribution in [0.3, 0.4) is 0 Å². The van der Waals surface area contributed by atoms with E-state index >= 15 is 0 Å². The fourth-order valence-electron chi connectivity index (χ4n) is 3.09. The second-order valence-electron chi connectivity index (χ2n) is 6.94. The Morgan fingerprint density at radius 3 is 2.54 bits per heavy atom. The van der Waals surface area contributed by atoms with Crippen LogP contribution in [0, 0.1) is 5.41 Å². The molecule has 0 saturated heterocycles. The Labute approximate surface area is 161 Å². The van der Waals surface area contributed by atoms with E-state index in [1.807, 2.05) is 0 Å². The number of aryl methyl sites for hydroxylation is 1. The second-order valence-corrected chi connectivity index (χ2v) is 9.92. The predicted molar refractivity (Wildman–Crippen MR) is 96.6 cm³/mol. The van der Waals surface area contributed by atoms with Crippen molar-refractivity contribution in [3.63, 3.8) is 0 Å². The van der Waals surface area contributed by atoms with Crippen molar-refractivity contribution >= 4 is 32.2 Å². The topological polar surface area (TPSA) is 86.8 Å². The number of nitrogens with zero attached hydrogens (tertiary/aromatic N) is 4. The summed E-state index contributed by atoms with van der Waals surface area (Å²) in [6.07, 6.45) is -1.80. The third-order valence-corrected chi connectivity index (χ3v) is 7.81. The number of hydrogen-bond acceptors (Lipinski definition) is 6. The van der Waals surface area contributed by atoms with Gasteiger partial charge in [0, 0.05) is 12.5 Å². The van der Waals surface area contributed by atoms with E-state index in [9.17, 15) is 26.4 Å². The Kier molecular flexibility index (Phi) is 4.38. The molecule has 1 fully saturated rings. The molecule has 28 heavy (non-hydrogen) atoms. The quantitative estimate of drug-likeness (QED) is 0.598. The van der Waals surface area contributed by atoms with Crippen LogP contribution < -0.4 is 5.69 Å². The van der Waals surface area contributed by atoms with Crippen LogP contribution in [0.15, 0.2) is 27.9 Å². The van der Waals surface area contributed by atoms with Crippen LogP contribution in [0.25, 0.3) is 16.2 Å². The summed E-state index contributed by atoms with van der Waals surface area (Å²) in [6.45, 7) is -0.703. The number of hydrogen-bond donors (Lipinski definition) is 0. The zero-order valence-corrected chi connectivity index (χ0v) is 16.2. The zero-order chi connectivity index (χ0) is 20.3. The van der Waals surface area contributed by atoms with E-state index in [1.165, 1.54) is 29.8 Å². The molecule has 0 aliphatic heterocycles. The lowest BCUT2D eigenvalue weighted by molar-refractivity contribution is 0.150. The van der Waals surface area contributed by atoms with E-state index in [0.717, 1.165) is 4.57 Å². The molecule has 1 aromatic carbocycles. The van der Waals surface area contributed by atoms with Gasteiger partial charge in [0.05, 0.1) is 28.4 Å². The molecule has 1 saturated carbocycles. The van der Waals surface area contributed by atoms with Gasteiger partial charge in [-0.3, -0.25) is 8.96 Å². The first-order valence-electron chi connectivity index (χ1n) is 8.30. The molecule has 0 N–H and O–H groups in total. The van der Waals surface area contributed by atoms with Gasteiger partial charge in [-0.05, 0) is 31.0 Å². The molecule has 150 valence electrons. The molecule has 1 aliphatic rings. The molecular formula is C16H15F3N4O3S2. The number of rotatable bonds is 6. The van der Waals surface area contributed by atoms with Gasteiger partial charge in [-0.25, -0.2) is 26.6 Å². The molecule has 12 heteroatoms. The van der Waals surface area contributed by atoms with Gasteiger partial charge in [0.1, 0.15) is 0 Å². The Hall–Kier alpha value is -2.21. The zero-order valence-electron chi connectivity index (χ0n) is 14.6. The van der Waals surface area contributed by atoms with Crippen molar-refractivity contribution < 1.29 is 21.6 Å². The van der Waals surface area contributed by atoms with Crippen LogP contribution in [-0.4, -0.2) is 40.2 Å². The van der Waals surface area contributed by atoms with Crippen LogP contribution in [0.5, 0.6) is 0 Å². The number of benzene rings is 1. The lowest BCUT2D eigenvalue weighted by Crippen LogP contribution is -2.20. The average molecular weight is 432 g/mol. The standard InChI is InChI=1S/C16H15F3N4O3S2/c1-22-10-3-2-9(28(25,26)8-16(7-17)4-5-16)6-11(10)23(15(22)24)14-21-20-13(27-14)12(18)19/h2-3,6,12H,4-5,7-8H2,1H3. The first-order valence-corrected chi connectivity index (χ1v) is 10.8. The van der Waals surface area contributed by atoms with Gasteiger partial charge >= 0.3 is 5.69 Å². The fourth-order valence-corrected chi connectivity index (χ4v) is 5.70. The number of sulfone groups is 1. The van der Waals surface area contributed by atoms with E-state index in [0.29, 0.717) is 29.7 Å². The maximum atomic E-state index is 13.2. The molecule has 0 bridgehead atoms. The predicted octanol–water partition coefficient (Wildman–Crippen LogP) is 2.64. The summed E-state index contributed by atoms with van der Waals surface area (Å²) < 4.78 is 66.6. The van der Waals surface area contributed by atoms with Crippen LogP contribution in [0.4, 0.5) is 13.2 Å². The lowest BCUT2D eigenvalue weighted by Gasteiger charge is -2.11. The normalized spacial score (nSPS) is 16.2. The SMILES string of the molecule is Cn1c(=O)n(-c2nnc(C(F)F)s2)c2cc(S(=O)(=O)CC3(CF)CC3)ccc21. The molecule has 4 rings (SSSR count). The van der Waals surface area contributed by atoms with Crippen molar-refractivity contribution in [2.75, 3.05) is 12.4 Å². The molecule has 0 atom stereocenters. The Morgan fingerprint density at radius 2 is 1.96 bits per heavy atom. The van der Waals surface area contributed by atoms with Gasteiger partial charge in [-0.1, -0.05) is 11.3 Å². The molecular weight excluding hydrogens is 417 g/mol. The third kappa shape index (κ3) is 3.04. The first kappa shape index (κ1) is 19.1. The Bertz CT molecular complexity index is 1230. The van der Waals surface area contributed by atoms with Crippen molar-refractivity contribution in [2.24, 2.45) is 12.5 Å². The van der Waals surface area contributed by atoms with Crippen molar-refractivity contribution in [2.45, 2.75) is 24.2 Å². The van der Waals surface area contributed by atoms with Crippen molar-refractivity contribution in [3.05, 3.63) is 33.7 Å². The van der Waals surface area contributed by atoms with Crippen LogP contribution in [-0.2, 0) is 16.9 Å². The minimum Gasteiger partial charge on any atom is -0.295 e. The van der Waals surface area contributed by atoms with Crippen molar-refractivity contribution in [1.82, 2.24) is 19.3 Å². The van der Waals surface area contributed by atoms with E-state index in [-0.39, 0.29) is 21.3 Å². The van der Waals surface area contributed by atoms with Gasteiger partial charge in [0.2, 0.25) is 5.13 Å². The number of aromatic nitrogens is 4. The largest absolute Gasteiger partial charge is 0.335 e. The summed E-state index contributed by atoms with van der Waals surface area (Å²) in [5, 5.41) is 6.40. The van der Waals surface area contributed by atoms with Crippen LogP contribution >= 0.6 is 11.3 Å². The van der Waals surface area contributed by atoms with E-state index in [4.69, 9.17) is 0 Å². The summed E-state index contributed by atoms with van der Waals surface area (Å²) >= 11 is 0.552. The number of fused-ring (bicyclic) bond motifs is 1. The maximum Gasteiger partial charge on any atom is 0.335 e. The van der Waals surface area contributed by atoms with Crippen molar-refractivity contribution in [3.8, 4) is 5.13 Å². The number of halogens is 3. The summed E-state index contributed by atoms with van der Waals surface area (Å²) in [5.41, 5.74) is -0.779. The summed E-state index contributed by atoms with van der Waals surface area (Å²) in [4.78, 5) is 12.5. The van der Waals surface area contributed by atoms with Crippen molar-refractivity contribution in [1.29, 1.82) is 0 Å². The van der Waals surface area contributed by atoms with E-state index < -0.39 is 39.0 Å². The Balaban J connectivity index is 1.86. The fraction of sp³-hybridized carbons (Fsp3) is 0.438. The highest BCUT2D eigenvalue weighted by atomic mass is 32.2. The smallest absolute Gasteiger partial charge is 0.295 e. The molecule has 2 heterocycles. The summed E-state index contributed by atoms with van der Waals surface area (Å²) in [7, 11) is -2.31. The van der Waals surface area contributed by atoms with Crippen LogP contribution in [0.1, 0.15) is 24.3 Å². The molecule has 2 aromatic heterocycles. The van der Waals surface area contributed by atoms with Crippen LogP contribution in [0.2, 0.25) is 0 Å². The van der Waals surface area contributed by atoms with Gasteiger partial charge in [0.15, 0.2) is 14.8 Å². The van der Waals surface area contributed by atoms with E-state index in [2.05, 4.69) is 10.2 Å². The average Bonchev–Trinajstić information content (AvgIpc) is 3.15. The van der Waals surface area contributed by atoms with Gasteiger partial charge in [-0.15, -0.1) is 10.2 Å². The Morgan fingerprint density at radius 1 is 1.25 bits per heavy atom.